The number of aliphatic carboxylic acids is 2. The highest BCUT2D eigenvalue weighted by Gasteiger charge is 1.97. The summed E-state index contributed by atoms with van der Waals surface area (Å²) in [6.45, 7) is 1.75. The fourth-order valence-electron chi connectivity index (χ4n) is 0.861. The Labute approximate surface area is 99.3 Å². The zero-order valence-corrected chi connectivity index (χ0v) is 9.59. The van der Waals surface area contributed by atoms with Gasteiger partial charge in [-0.25, -0.2) is 0 Å². The molecule has 0 saturated heterocycles. The zero-order chi connectivity index (χ0) is 12.9. The van der Waals surface area contributed by atoms with Crippen molar-refractivity contribution in [2.45, 2.75) is 12.8 Å². The molecule has 0 unspecified atom stereocenters. The van der Waals surface area contributed by atoms with Crippen LogP contribution >= 0.6 is 0 Å². The van der Waals surface area contributed by atoms with Gasteiger partial charge in [0.15, 0.2) is 0 Å². The van der Waals surface area contributed by atoms with Crippen molar-refractivity contribution in [2.24, 2.45) is 0 Å². The molecule has 0 spiro atoms. The molecule has 0 bridgehead atoms. The molecule has 7 nitrogen and oxygen atoms in total. The second-order valence-electron chi connectivity index (χ2n) is 3.12. The minimum absolute atomic E-state index is 0.0156. The third kappa shape index (κ3) is 14.8. The first-order chi connectivity index (χ1) is 8.13. The highest BCUT2D eigenvalue weighted by molar-refractivity contribution is 5.66. The minimum Gasteiger partial charge on any atom is -0.481 e. The predicted molar refractivity (Wildman–Crippen MR) is 57.0 cm³/mol. The molecule has 0 aromatic heterocycles. The lowest BCUT2D eigenvalue weighted by Gasteiger charge is -2.05. The van der Waals surface area contributed by atoms with Gasteiger partial charge < -0.3 is 24.4 Å². The molecular weight excluding hydrogens is 232 g/mol. The van der Waals surface area contributed by atoms with Crippen molar-refractivity contribution >= 4 is 11.9 Å². The van der Waals surface area contributed by atoms with E-state index in [1.54, 1.807) is 0 Å². The smallest absolute Gasteiger partial charge is 0.305 e. The van der Waals surface area contributed by atoms with Crippen LogP contribution < -0.4 is 0 Å². The summed E-state index contributed by atoms with van der Waals surface area (Å²) in [5.41, 5.74) is 0. The van der Waals surface area contributed by atoms with Crippen molar-refractivity contribution in [3.05, 3.63) is 0 Å². The first-order valence-corrected chi connectivity index (χ1v) is 5.29. The molecule has 0 amide bonds. The summed E-state index contributed by atoms with van der Waals surface area (Å²) in [6.07, 6.45) is -0.0312. The highest BCUT2D eigenvalue weighted by Crippen LogP contribution is 1.86. The van der Waals surface area contributed by atoms with Gasteiger partial charge in [0.25, 0.3) is 0 Å². The Hall–Kier alpha value is -1.18. The molecule has 0 aliphatic rings. The number of carbonyl (C=O) groups is 2. The van der Waals surface area contributed by atoms with E-state index in [0.717, 1.165) is 0 Å². The molecular formula is C10H18O7. The van der Waals surface area contributed by atoms with Gasteiger partial charge in [-0.3, -0.25) is 9.59 Å². The van der Waals surface area contributed by atoms with Crippen LogP contribution in [-0.4, -0.2) is 61.8 Å². The highest BCUT2D eigenvalue weighted by atomic mass is 16.5. The zero-order valence-electron chi connectivity index (χ0n) is 9.59. The van der Waals surface area contributed by atoms with Crippen LogP contribution in [0.1, 0.15) is 12.8 Å². The molecule has 0 saturated carbocycles. The van der Waals surface area contributed by atoms with Gasteiger partial charge in [-0.2, -0.15) is 0 Å². The summed E-state index contributed by atoms with van der Waals surface area (Å²) < 4.78 is 15.1. The lowest BCUT2D eigenvalue weighted by atomic mass is 10.5. The quantitative estimate of drug-likeness (QED) is 0.469. The Morgan fingerprint density at radius 3 is 1.24 bits per heavy atom. The SMILES string of the molecule is O=C(O)CCOCCOCCOCCC(=O)O. The third-order valence-corrected chi connectivity index (χ3v) is 1.66. The van der Waals surface area contributed by atoms with Crippen LogP contribution in [0, 0.1) is 0 Å². The average molecular weight is 250 g/mol. The van der Waals surface area contributed by atoms with Crippen LogP contribution in [0.3, 0.4) is 0 Å². The molecule has 2 N–H and O–H groups in total. The van der Waals surface area contributed by atoms with Crippen LogP contribution in [-0.2, 0) is 23.8 Å². The van der Waals surface area contributed by atoms with Gasteiger partial charge in [0.05, 0.1) is 52.5 Å². The molecule has 0 aromatic rings. The number of hydrogen-bond acceptors (Lipinski definition) is 5. The molecule has 0 rings (SSSR count). The lowest BCUT2D eigenvalue weighted by Crippen LogP contribution is -2.12. The Balaban J connectivity index is 2.98. The molecule has 0 aromatic carbocycles. The van der Waals surface area contributed by atoms with E-state index < -0.39 is 11.9 Å². The topological polar surface area (TPSA) is 102 Å². The number of rotatable bonds is 12. The molecule has 0 atom stereocenters. The van der Waals surface area contributed by atoms with E-state index in [-0.39, 0.29) is 26.1 Å². The van der Waals surface area contributed by atoms with Gasteiger partial charge in [0.1, 0.15) is 0 Å². The molecule has 7 heteroatoms. The van der Waals surface area contributed by atoms with Crippen LogP contribution in [0.4, 0.5) is 0 Å². The molecule has 0 aliphatic carbocycles. The molecule has 0 radical (unpaired) electrons. The van der Waals surface area contributed by atoms with Gasteiger partial charge in [0.2, 0.25) is 0 Å². The monoisotopic (exact) mass is 250 g/mol. The number of carboxylic acid groups (broad SMARTS) is 2. The third-order valence-electron chi connectivity index (χ3n) is 1.66. The second kappa shape index (κ2) is 11.3. The summed E-state index contributed by atoms with van der Waals surface area (Å²) in [6, 6.07) is 0. The Morgan fingerprint density at radius 2 is 0.941 bits per heavy atom. The Kier molecular flexibility index (Phi) is 10.5. The van der Waals surface area contributed by atoms with E-state index in [1.807, 2.05) is 0 Å². The van der Waals surface area contributed by atoms with Gasteiger partial charge >= 0.3 is 11.9 Å². The van der Waals surface area contributed by atoms with Crippen molar-refractivity contribution in [1.82, 2.24) is 0 Å². The van der Waals surface area contributed by atoms with Crippen molar-refractivity contribution in [2.75, 3.05) is 39.6 Å². The Bertz CT molecular complexity index is 195. The summed E-state index contributed by atoms with van der Waals surface area (Å²) in [7, 11) is 0. The van der Waals surface area contributed by atoms with Crippen LogP contribution in [0.5, 0.6) is 0 Å². The van der Waals surface area contributed by atoms with E-state index in [1.165, 1.54) is 0 Å². The average Bonchev–Trinajstić information content (AvgIpc) is 2.25. The van der Waals surface area contributed by atoms with Gasteiger partial charge in [0, 0.05) is 0 Å². The van der Waals surface area contributed by atoms with E-state index >= 15 is 0 Å². The second-order valence-corrected chi connectivity index (χ2v) is 3.12. The maximum atomic E-state index is 10.1. The van der Waals surface area contributed by atoms with Crippen molar-refractivity contribution in [1.29, 1.82) is 0 Å². The fraction of sp³-hybridized carbons (Fsp3) is 0.800. The van der Waals surface area contributed by atoms with Crippen LogP contribution in [0.25, 0.3) is 0 Å². The predicted octanol–water partition coefficient (Wildman–Crippen LogP) is -0.0144. The van der Waals surface area contributed by atoms with Gasteiger partial charge in [-0.15, -0.1) is 0 Å². The molecule has 100 valence electrons. The van der Waals surface area contributed by atoms with Gasteiger partial charge in [-0.1, -0.05) is 0 Å². The largest absolute Gasteiger partial charge is 0.481 e. The summed E-state index contributed by atoms with van der Waals surface area (Å²) >= 11 is 0. The van der Waals surface area contributed by atoms with E-state index in [0.29, 0.717) is 26.4 Å². The van der Waals surface area contributed by atoms with Crippen molar-refractivity contribution < 1.29 is 34.0 Å². The van der Waals surface area contributed by atoms with Crippen LogP contribution in [0.2, 0.25) is 0 Å². The lowest BCUT2D eigenvalue weighted by molar-refractivity contribution is -0.139. The van der Waals surface area contributed by atoms with E-state index in [9.17, 15) is 9.59 Å². The molecule has 17 heavy (non-hydrogen) atoms. The minimum atomic E-state index is -0.891. The maximum Gasteiger partial charge on any atom is 0.305 e. The molecule has 0 heterocycles. The number of carboxylic acids is 2. The van der Waals surface area contributed by atoms with E-state index in [4.69, 9.17) is 24.4 Å². The fourth-order valence-corrected chi connectivity index (χ4v) is 0.861. The maximum absolute atomic E-state index is 10.1. The number of ether oxygens (including phenoxy) is 3. The number of hydrogen-bond donors (Lipinski definition) is 2. The summed E-state index contributed by atoms with van der Waals surface area (Å²) in [5.74, 6) is -1.78. The summed E-state index contributed by atoms with van der Waals surface area (Å²) in [4.78, 5) is 20.2. The van der Waals surface area contributed by atoms with Crippen LogP contribution in [0.15, 0.2) is 0 Å². The first kappa shape index (κ1) is 15.8. The van der Waals surface area contributed by atoms with Crippen molar-refractivity contribution in [3.63, 3.8) is 0 Å². The Morgan fingerprint density at radius 1 is 0.647 bits per heavy atom. The van der Waals surface area contributed by atoms with Gasteiger partial charge in [-0.05, 0) is 0 Å². The van der Waals surface area contributed by atoms with E-state index in [2.05, 4.69) is 0 Å². The normalized spacial score (nSPS) is 10.4. The molecule has 0 fully saturated rings. The molecule has 0 aliphatic heterocycles. The summed E-state index contributed by atoms with van der Waals surface area (Å²) in [5, 5.41) is 16.6. The van der Waals surface area contributed by atoms with Crippen molar-refractivity contribution in [3.8, 4) is 0 Å². The standard InChI is InChI=1S/C10H18O7/c11-9(12)1-3-15-5-7-17-8-6-16-4-2-10(13)14/h1-8H2,(H,11,12)(H,13,14). The first-order valence-electron chi connectivity index (χ1n) is 5.29.